The lowest BCUT2D eigenvalue weighted by Gasteiger charge is -2.42. The number of nitrogens with zero attached hydrogens (tertiary/aromatic N) is 4. The van der Waals surface area contributed by atoms with Gasteiger partial charge in [-0.3, -0.25) is 4.90 Å². The minimum absolute atomic E-state index is 0.00132. The minimum atomic E-state index is -0.536. The van der Waals surface area contributed by atoms with Gasteiger partial charge in [-0.15, -0.1) is 0 Å². The molecule has 3 heterocycles. The van der Waals surface area contributed by atoms with Gasteiger partial charge in [0.15, 0.2) is 5.82 Å². The molecule has 0 saturated carbocycles. The molecule has 4 rings (SSSR count). The van der Waals surface area contributed by atoms with Gasteiger partial charge >= 0.3 is 6.09 Å². The number of hydrogen-bond donors (Lipinski definition) is 0. The molecule has 2 unspecified atom stereocenters. The molecule has 2 bridgehead atoms. The summed E-state index contributed by atoms with van der Waals surface area (Å²) in [5.41, 5.74) is -0.347. The first-order chi connectivity index (χ1) is 13.5. The summed E-state index contributed by atoms with van der Waals surface area (Å²) < 4.78 is 21.5. The average molecular weight is 598 g/mol. The summed E-state index contributed by atoms with van der Waals surface area (Å²) in [7, 11) is 0. The predicted octanol–water partition coefficient (Wildman–Crippen LogP) is 5.38. The van der Waals surface area contributed by atoms with Crippen LogP contribution in [0.3, 0.4) is 0 Å². The van der Waals surface area contributed by atoms with E-state index in [0.29, 0.717) is 28.8 Å². The fraction of sp³-hybridized carbons (Fsp3) is 0.526. The molecule has 0 radical (unpaired) electrons. The Hall–Kier alpha value is -0.940. The predicted molar refractivity (Wildman–Crippen MR) is 122 cm³/mol. The molecular weight excluding hydrogens is 577 g/mol. The standard InChI is InChI=1S/C19H20BrClFIN4O2/c1-19(2,3)29-18(28)27-9-4-5-10(27)8-26(7-9)16-11-6-12(23)13(20)14(22)15(11)24-17(21)25-16/h6,9-10H,4-5,7-8H2,1-3H3. The number of aromatic nitrogens is 2. The van der Waals surface area contributed by atoms with Gasteiger partial charge in [0.25, 0.3) is 0 Å². The summed E-state index contributed by atoms with van der Waals surface area (Å²) in [4.78, 5) is 25.2. The Morgan fingerprint density at radius 1 is 1.31 bits per heavy atom. The van der Waals surface area contributed by atoms with E-state index in [2.05, 4.69) is 53.4 Å². The van der Waals surface area contributed by atoms with Crippen molar-refractivity contribution in [3.8, 4) is 0 Å². The van der Waals surface area contributed by atoms with E-state index in [0.717, 1.165) is 16.4 Å². The molecule has 2 fully saturated rings. The molecule has 2 aliphatic heterocycles. The van der Waals surface area contributed by atoms with Crippen LogP contribution in [0.5, 0.6) is 0 Å². The fourth-order valence-corrected chi connectivity index (χ4v) is 5.07. The Morgan fingerprint density at radius 2 is 1.93 bits per heavy atom. The largest absolute Gasteiger partial charge is 0.444 e. The van der Waals surface area contributed by atoms with Crippen LogP contribution in [0, 0.1) is 9.39 Å². The number of fused-ring (bicyclic) bond motifs is 3. The summed E-state index contributed by atoms with van der Waals surface area (Å²) >= 11 is 11.5. The van der Waals surface area contributed by atoms with Crippen molar-refractivity contribution in [3.63, 3.8) is 0 Å². The van der Waals surface area contributed by atoms with E-state index >= 15 is 0 Å². The van der Waals surface area contributed by atoms with Crippen LogP contribution in [0.1, 0.15) is 33.6 Å². The molecule has 10 heteroatoms. The topological polar surface area (TPSA) is 58.6 Å². The van der Waals surface area contributed by atoms with Gasteiger partial charge in [0.05, 0.1) is 16.6 Å². The first-order valence-corrected chi connectivity index (χ1v) is 11.6. The number of carbonyl (C=O) groups excluding carboxylic acids is 1. The normalized spacial score (nSPS) is 21.8. The highest BCUT2D eigenvalue weighted by Gasteiger charge is 2.45. The molecule has 156 valence electrons. The molecule has 2 aliphatic rings. The first kappa shape index (κ1) is 21.3. The van der Waals surface area contributed by atoms with Crippen molar-refractivity contribution in [1.82, 2.24) is 14.9 Å². The van der Waals surface area contributed by atoms with E-state index in [1.807, 2.05) is 31.7 Å². The SMILES string of the molecule is CC(C)(C)OC(=O)N1C2CCC1CN(c1nc(Cl)nc3c(F)c(Br)c(I)cc13)C2. The summed E-state index contributed by atoms with van der Waals surface area (Å²) in [5, 5.41) is 0.617. The molecule has 0 spiro atoms. The highest BCUT2D eigenvalue weighted by atomic mass is 127. The number of amides is 1. The van der Waals surface area contributed by atoms with Crippen LogP contribution in [0.15, 0.2) is 10.5 Å². The Bertz CT molecular complexity index is 989. The molecule has 1 amide bonds. The number of halogens is 4. The van der Waals surface area contributed by atoms with Crippen molar-refractivity contribution in [2.75, 3.05) is 18.0 Å². The average Bonchev–Trinajstić information content (AvgIpc) is 2.89. The highest BCUT2D eigenvalue weighted by molar-refractivity contribution is 14.1. The maximum Gasteiger partial charge on any atom is 0.410 e. The van der Waals surface area contributed by atoms with E-state index in [-0.39, 0.29) is 29.0 Å². The number of hydrogen-bond acceptors (Lipinski definition) is 5. The Kier molecular flexibility index (Phi) is 5.61. The summed E-state index contributed by atoms with van der Waals surface area (Å²) in [6.45, 7) is 6.78. The van der Waals surface area contributed by atoms with Crippen LogP contribution in [-0.4, -0.2) is 51.7 Å². The zero-order valence-corrected chi connectivity index (χ0v) is 20.7. The number of benzene rings is 1. The molecule has 2 aromatic rings. The van der Waals surface area contributed by atoms with E-state index in [9.17, 15) is 9.18 Å². The van der Waals surface area contributed by atoms with Crippen molar-refractivity contribution in [1.29, 1.82) is 0 Å². The smallest absolute Gasteiger partial charge is 0.410 e. The van der Waals surface area contributed by atoms with Crippen LogP contribution in [-0.2, 0) is 4.74 Å². The van der Waals surface area contributed by atoms with Gasteiger partial charge in [-0.1, -0.05) is 0 Å². The van der Waals surface area contributed by atoms with E-state index in [4.69, 9.17) is 16.3 Å². The molecule has 2 saturated heterocycles. The third-order valence-electron chi connectivity index (χ3n) is 5.17. The molecule has 0 N–H and O–H groups in total. The minimum Gasteiger partial charge on any atom is -0.444 e. The second-order valence-electron chi connectivity index (χ2n) is 8.38. The fourth-order valence-electron chi connectivity index (χ4n) is 4.06. The van der Waals surface area contributed by atoms with Gasteiger partial charge < -0.3 is 9.64 Å². The van der Waals surface area contributed by atoms with Crippen LogP contribution in [0.25, 0.3) is 10.9 Å². The van der Waals surface area contributed by atoms with Gasteiger partial charge in [0, 0.05) is 22.0 Å². The first-order valence-electron chi connectivity index (χ1n) is 9.32. The van der Waals surface area contributed by atoms with Crippen molar-refractivity contribution >= 4 is 72.9 Å². The summed E-state index contributed by atoms with van der Waals surface area (Å²) in [6.07, 6.45) is 1.52. The summed E-state index contributed by atoms with van der Waals surface area (Å²) in [6, 6.07) is 1.90. The lowest BCUT2D eigenvalue weighted by atomic mass is 10.1. The number of piperazine rings is 1. The van der Waals surface area contributed by atoms with Crippen molar-refractivity contribution in [2.45, 2.75) is 51.3 Å². The second kappa shape index (κ2) is 7.64. The number of rotatable bonds is 1. The van der Waals surface area contributed by atoms with Crippen LogP contribution in [0.2, 0.25) is 5.28 Å². The van der Waals surface area contributed by atoms with Gasteiger partial charge in [-0.25, -0.2) is 14.2 Å². The molecular formula is C19H20BrClFIN4O2. The molecule has 1 aromatic heterocycles. The molecule has 6 nitrogen and oxygen atoms in total. The Balaban J connectivity index is 1.68. The molecule has 2 atom stereocenters. The zero-order valence-electron chi connectivity index (χ0n) is 16.2. The van der Waals surface area contributed by atoms with Crippen LogP contribution < -0.4 is 4.90 Å². The third kappa shape index (κ3) is 4.01. The Morgan fingerprint density at radius 3 is 2.52 bits per heavy atom. The van der Waals surface area contributed by atoms with Gasteiger partial charge in [-0.05, 0) is 89.8 Å². The third-order valence-corrected chi connectivity index (χ3v) is 7.70. The van der Waals surface area contributed by atoms with Crippen LogP contribution >= 0.6 is 50.1 Å². The lowest BCUT2D eigenvalue weighted by Crippen LogP contribution is -2.57. The van der Waals surface area contributed by atoms with Crippen molar-refractivity contribution < 1.29 is 13.9 Å². The zero-order chi connectivity index (χ0) is 21.1. The highest BCUT2D eigenvalue weighted by Crippen LogP contribution is 2.38. The monoisotopic (exact) mass is 596 g/mol. The van der Waals surface area contributed by atoms with Gasteiger partial charge in [-0.2, -0.15) is 4.98 Å². The maximum atomic E-state index is 14.8. The molecule has 1 aromatic carbocycles. The van der Waals surface area contributed by atoms with Gasteiger partial charge in [0.2, 0.25) is 5.28 Å². The number of carbonyl (C=O) groups is 1. The van der Waals surface area contributed by atoms with E-state index in [1.165, 1.54) is 0 Å². The van der Waals surface area contributed by atoms with Crippen LogP contribution in [0.4, 0.5) is 15.0 Å². The van der Waals surface area contributed by atoms with Crippen molar-refractivity contribution in [2.24, 2.45) is 0 Å². The van der Waals surface area contributed by atoms with Crippen molar-refractivity contribution in [3.05, 3.63) is 25.2 Å². The number of anilines is 1. The lowest BCUT2D eigenvalue weighted by molar-refractivity contribution is 0.0123. The number of ether oxygens (including phenoxy) is 1. The molecule has 29 heavy (non-hydrogen) atoms. The summed E-state index contributed by atoms with van der Waals surface area (Å²) in [5.74, 6) is 0.151. The molecule has 0 aliphatic carbocycles. The Labute approximate surface area is 195 Å². The maximum absolute atomic E-state index is 14.8. The second-order valence-corrected chi connectivity index (χ2v) is 10.7. The van der Waals surface area contributed by atoms with E-state index < -0.39 is 11.4 Å². The quantitative estimate of drug-likeness (QED) is 0.251. The van der Waals surface area contributed by atoms with Gasteiger partial charge in [0.1, 0.15) is 16.9 Å². The van der Waals surface area contributed by atoms with E-state index in [1.54, 1.807) is 0 Å².